The summed E-state index contributed by atoms with van der Waals surface area (Å²) in [5.74, 6) is -0.843. The lowest BCUT2D eigenvalue weighted by atomic mass is 9.93. The first-order valence-corrected chi connectivity index (χ1v) is 12.4. The van der Waals surface area contributed by atoms with E-state index >= 15 is 0 Å². The second-order valence-corrected chi connectivity index (χ2v) is 10.3. The van der Waals surface area contributed by atoms with Crippen molar-refractivity contribution in [3.8, 4) is 11.1 Å². The predicted molar refractivity (Wildman–Crippen MR) is 136 cm³/mol. The van der Waals surface area contributed by atoms with Gasteiger partial charge in [0.2, 0.25) is 11.8 Å². The monoisotopic (exact) mass is 479 g/mol. The highest BCUT2D eigenvalue weighted by molar-refractivity contribution is 5.88. The molecule has 3 rings (SSSR count). The number of carbonyl (C=O) groups excluding carboxylic acids is 2. The van der Waals surface area contributed by atoms with Gasteiger partial charge < -0.3 is 15.3 Å². The zero-order valence-corrected chi connectivity index (χ0v) is 21.4. The number of carboxylic acids is 1. The van der Waals surface area contributed by atoms with Gasteiger partial charge in [-0.25, -0.2) is 0 Å². The van der Waals surface area contributed by atoms with Gasteiger partial charge in [-0.2, -0.15) is 0 Å². The SMILES string of the molecule is Cc1cccc(C)c1-c1cncc(C(CC(=O)O)NC(=O)[C@@H](CC(C)C)N2CCC(C)CC2=O)c1. The first kappa shape index (κ1) is 26.4. The minimum atomic E-state index is -1.02. The number of piperidine rings is 1. The van der Waals surface area contributed by atoms with Crippen molar-refractivity contribution in [3.63, 3.8) is 0 Å². The summed E-state index contributed by atoms with van der Waals surface area (Å²) >= 11 is 0. The molecular formula is C28H37N3O4. The van der Waals surface area contributed by atoms with Gasteiger partial charge in [-0.05, 0) is 66.8 Å². The molecule has 0 aliphatic carbocycles. The number of aryl methyl sites for hydroxylation is 2. The van der Waals surface area contributed by atoms with Crippen molar-refractivity contribution in [2.45, 2.75) is 72.4 Å². The molecule has 1 aromatic heterocycles. The summed E-state index contributed by atoms with van der Waals surface area (Å²) in [6, 6.07) is 6.57. The van der Waals surface area contributed by atoms with Gasteiger partial charge in [0.1, 0.15) is 6.04 Å². The van der Waals surface area contributed by atoms with E-state index in [1.54, 1.807) is 17.3 Å². The molecule has 1 aliphatic rings. The van der Waals surface area contributed by atoms with Crippen molar-refractivity contribution in [1.29, 1.82) is 0 Å². The Morgan fingerprint density at radius 2 is 1.89 bits per heavy atom. The quantitative estimate of drug-likeness (QED) is 0.544. The number of nitrogens with zero attached hydrogens (tertiary/aromatic N) is 2. The van der Waals surface area contributed by atoms with Crippen molar-refractivity contribution in [1.82, 2.24) is 15.2 Å². The number of carbonyl (C=O) groups is 3. The molecule has 1 aromatic carbocycles. The summed E-state index contributed by atoms with van der Waals surface area (Å²) < 4.78 is 0. The topological polar surface area (TPSA) is 99.6 Å². The van der Waals surface area contributed by atoms with Crippen molar-refractivity contribution in [2.24, 2.45) is 11.8 Å². The minimum absolute atomic E-state index is 0.0157. The number of carboxylic acid groups (broad SMARTS) is 1. The van der Waals surface area contributed by atoms with Crippen LogP contribution in [0.4, 0.5) is 0 Å². The van der Waals surface area contributed by atoms with E-state index in [-0.39, 0.29) is 24.2 Å². The van der Waals surface area contributed by atoms with E-state index in [0.29, 0.717) is 30.9 Å². The summed E-state index contributed by atoms with van der Waals surface area (Å²) in [7, 11) is 0. The average molecular weight is 480 g/mol. The Kier molecular flexibility index (Phi) is 8.65. The number of hydrogen-bond acceptors (Lipinski definition) is 4. The minimum Gasteiger partial charge on any atom is -0.481 e. The van der Waals surface area contributed by atoms with Gasteiger partial charge in [-0.1, -0.05) is 39.0 Å². The number of aromatic nitrogens is 1. The van der Waals surface area contributed by atoms with Crippen LogP contribution in [-0.4, -0.2) is 45.4 Å². The number of rotatable bonds is 9. The van der Waals surface area contributed by atoms with Crippen LogP contribution in [0.15, 0.2) is 36.7 Å². The molecule has 2 aromatic rings. The largest absolute Gasteiger partial charge is 0.481 e. The molecular weight excluding hydrogens is 442 g/mol. The molecule has 2 amide bonds. The molecule has 1 fully saturated rings. The fourth-order valence-electron chi connectivity index (χ4n) is 4.90. The lowest BCUT2D eigenvalue weighted by molar-refractivity contribution is -0.145. The number of pyridine rings is 1. The fraction of sp³-hybridized carbons (Fsp3) is 0.500. The Morgan fingerprint density at radius 1 is 1.20 bits per heavy atom. The highest BCUT2D eigenvalue weighted by Crippen LogP contribution is 2.30. The Balaban J connectivity index is 1.91. The first-order valence-electron chi connectivity index (χ1n) is 12.4. The Bertz CT molecular complexity index is 1060. The van der Waals surface area contributed by atoms with Crippen LogP contribution in [0.1, 0.15) is 69.2 Å². The van der Waals surface area contributed by atoms with E-state index in [1.165, 1.54) is 0 Å². The van der Waals surface area contributed by atoms with Crippen molar-refractivity contribution in [3.05, 3.63) is 53.3 Å². The Labute approximate surface area is 207 Å². The van der Waals surface area contributed by atoms with Crippen molar-refractivity contribution >= 4 is 17.8 Å². The molecule has 2 unspecified atom stereocenters. The summed E-state index contributed by atoms with van der Waals surface area (Å²) in [6.45, 7) is 10.7. The third kappa shape index (κ3) is 6.68. The number of aliphatic carboxylic acids is 1. The summed E-state index contributed by atoms with van der Waals surface area (Å²) in [5, 5.41) is 12.6. The van der Waals surface area contributed by atoms with Gasteiger partial charge in [-0.3, -0.25) is 19.4 Å². The molecule has 0 spiro atoms. The van der Waals surface area contributed by atoms with Crippen LogP contribution in [-0.2, 0) is 14.4 Å². The highest BCUT2D eigenvalue weighted by atomic mass is 16.4. The highest BCUT2D eigenvalue weighted by Gasteiger charge is 2.35. The van der Waals surface area contributed by atoms with Crippen LogP contribution in [0.2, 0.25) is 0 Å². The molecule has 0 radical (unpaired) electrons. The molecule has 35 heavy (non-hydrogen) atoms. The van der Waals surface area contributed by atoms with Gasteiger partial charge >= 0.3 is 5.97 Å². The molecule has 1 aliphatic heterocycles. The van der Waals surface area contributed by atoms with Crippen LogP contribution in [0.3, 0.4) is 0 Å². The van der Waals surface area contributed by atoms with E-state index in [4.69, 9.17) is 0 Å². The smallest absolute Gasteiger partial charge is 0.305 e. The molecule has 1 saturated heterocycles. The molecule has 0 bridgehead atoms. The molecule has 2 N–H and O–H groups in total. The van der Waals surface area contributed by atoms with E-state index in [2.05, 4.69) is 10.3 Å². The van der Waals surface area contributed by atoms with Gasteiger partial charge in [0.15, 0.2) is 0 Å². The number of hydrogen-bond donors (Lipinski definition) is 2. The second-order valence-electron chi connectivity index (χ2n) is 10.3. The van der Waals surface area contributed by atoms with Gasteiger partial charge in [0, 0.05) is 30.9 Å². The maximum Gasteiger partial charge on any atom is 0.305 e. The Morgan fingerprint density at radius 3 is 2.49 bits per heavy atom. The lowest BCUT2D eigenvalue weighted by Crippen LogP contribution is -2.53. The maximum absolute atomic E-state index is 13.5. The molecule has 0 saturated carbocycles. The zero-order valence-electron chi connectivity index (χ0n) is 21.4. The lowest BCUT2D eigenvalue weighted by Gasteiger charge is -2.37. The molecule has 3 atom stereocenters. The Hall–Kier alpha value is -3.22. The number of amides is 2. The van der Waals surface area contributed by atoms with Crippen LogP contribution >= 0.6 is 0 Å². The van der Waals surface area contributed by atoms with Crippen LogP contribution in [0.25, 0.3) is 11.1 Å². The molecule has 2 heterocycles. The van der Waals surface area contributed by atoms with Gasteiger partial charge in [-0.15, -0.1) is 0 Å². The van der Waals surface area contributed by atoms with E-state index in [0.717, 1.165) is 28.7 Å². The zero-order chi connectivity index (χ0) is 25.7. The predicted octanol–water partition coefficient (Wildman–Crippen LogP) is 4.67. The molecule has 7 nitrogen and oxygen atoms in total. The summed E-state index contributed by atoms with van der Waals surface area (Å²) in [4.78, 5) is 44.1. The van der Waals surface area contributed by atoms with Crippen LogP contribution in [0, 0.1) is 25.7 Å². The fourth-order valence-corrected chi connectivity index (χ4v) is 4.90. The summed E-state index contributed by atoms with van der Waals surface area (Å²) in [5.41, 5.74) is 4.74. The maximum atomic E-state index is 13.5. The average Bonchev–Trinajstić information content (AvgIpc) is 2.77. The van der Waals surface area contributed by atoms with Crippen LogP contribution < -0.4 is 5.32 Å². The van der Waals surface area contributed by atoms with E-state index in [1.807, 2.05) is 58.9 Å². The van der Waals surface area contributed by atoms with E-state index in [9.17, 15) is 19.5 Å². The normalized spacial score (nSPS) is 17.8. The van der Waals surface area contributed by atoms with Gasteiger partial charge in [0.25, 0.3) is 0 Å². The number of nitrogens with one attached hydrogen (secondary N) is 1. The van der Waals surface area contributed by atoms with Crippen molar-refractivity contribution < 1.29 is 19.5 Å². The number of benzene rings is 1. The third-order valence-electron chi connectivity index (χ3n) is 6.71. The van der Waals surface area contributed by atoms with Crippen molar-refractivity contribution in [2.75, 3.05) is 6.54 Å². The van der Waals surface area contributed by atoms with E-state index < -0.39 is 18.1 Å². The number of likely N-dealkylation sites (tertiary alicyclic amines) is 1. The third-order valence-corrected chi connectivity index (χ3v) is 6.71. The van der Waals surface area contributed by atoms with Gasteiger partial charge in [0.05, 0.1) is 12.5 Å². The summed E-state index contributed by atoms with van der Waals surface area (Å²) in [6.07, 6.45) is 4.90. The van der Waals surface area contributed by atoms with Crippen LogP contribution in [0.5, 0.6) is 0 Å². The molecule has 7 heteroatoms. The second kappa shape index (κ2) is 11.5. The first-order chi connectivity index (χ1) is 16.6. The standard InChI is InChI=1S/C28H37N3O4/c1-17(2)11-24(31-10-9-18(3)12-25(31)32)28(35)30-23(14-26(33)34)21-13-22(16-29-15-21)27-19(4)7-6-8-20(27)5/h6-8,13,15-18,23-24H,9-12,14H2,1-5H3,(H,30,35)(H,33,34)/t18?,23?,24-/m1/s1. The molecule has 188 valence electrons.